The van der Waals surface area contributed by atoms with Gasteiger partial charge in [0.2, 0.25) is 5.78 Å². The highest BCUT2D eigenvalue weighted by molar-refractivity contribution is 6.14. The van der Waals surface area contributed by atoms with Crippen molar-refractivity contribution in [3.05, 3.63) is 95.0 Å². The van der Waals surface area contributed by atoms with Crippen LogP contribution in [0, 0.1) is 5.82 Å². The number of esters is 1. The topological polar surface area (TPSA) is 61.8 Å². The second-order valence-electron chi connectivity index (χ2n) is 6.24. The van der Waals surface area contributed by atoms with Crippen molar-refractivity contribution in [2.24, 2.45) is 0 Å². The number of hydrogen-bond acceptors (Lipinski definition) is 5. The van der Waals surface area contributed by atoms with Gasteiger partial charge < -0.3 is 14.2 Å². The van der Waals surface area contributed by atoms with E-state index in [0.29, 0.717) is 11.3 Å². The molecule has 0 unspecified atom stereocenters. The van der Waals surface area contributed by atoms with Crippen molar-refractivity contribution in [1.82, 2.24) is 0 Å². The normalized spacial score (nSPS) is 13.7. The Balaban J connectivity index is 1.54. The standard InChI is InChI=1S/C23H15FO5/c1-27-15-8-6-14(7-9-15)12-21-22(25)18-11-10-16(13-20(18)29-21)28-23(26)17-4-2-3-5-19(17)24/h2-13H,1H3/b21-12-. The molecule has 0 saturated carbocycles. The van der Waals surface area contributed by atoms with Gasteiger partial charge in [-0.25, -0.2) is 9.18 Å². The third kappa shape index (κ3) is 3.73. The summed E-state index contributed by atoms with van der Waals surface area (Å²) < 4.78 is 29.7. The van der Waals surface area contributed by atoms with Crippen LogP contribution in [0.5, 0.6) is 17.2 Å². The van der Waals surface area contributed by atoms with Gasteiger partial charge in [0, 0.05) is 6.07 Å². The van der Waals surface area contributed by atoms with Crippen LogP contribution in [-0.4, -0.2) is 18.9 Å². The van der Waals surface area contributed by atoms with Crippen LogP contribution in [0.2, 0.25) is 0 Å². The highest BCUT2D eigenvalue weighted by Gasteiger charge is 2.28. The summed E-state index contributed by atoms with van der Waals surface area (Å²) in [6, 6.07) is 17.1. The first-order chi connectivity index (χ1) is 14.0. The quantitative estimate of drug-likeness (QED) is 0.368. The molecule has 3 aromatic rings. The first-order valence-electron chi connectivity index (χ1n) is 8.74. The summed E-state index contributed by atoms with van der Waals surface area (Å²) in [7, 11) is 1.57. The number of benzene rings is 3. The van der Waals surface area contributed by atoms with Crippen LogP contribution >= 0.6 is 0 Å². The second kappa shape index (κ2) is 7.59. The molecule has 3 aromatic carbocycles. The number of carbonyl (C=O) groups excluding carboxylic acids is 2. The van der Waals surface area contributed by atoms with Crippen LogP contribution in [0.4, 0.5) is 4.39 Å². The van der Waals surface area contributed by atoms with Gasteiger partial charge in [-0.2, -0.15) is 0 Å². The van der Waals surface area contributed by atoms with Crippen LogP contribution in [0.3, 0.4) is 0 Å². The van der Waals surface area contributed by atoms with Gasteiger partial charge in [-0.05, 0) is 48.0 Å². The Kier molecular flexibility index (Phi) is 4.83. The molecule has 144 valence electrons. The van der Waals surface area contributed by atoms with Crippen LogP contribution < -0.4 is 14.2 Å². The van der Waals surface area contributed by atoms with Crippen molar-refractivity contribution in [1.29, 1.82) is 0 Å². The zero-order chi connectivity index (χ0) is 20.4. The lowest BCUT2D eigenvalue weighted by atomic mass is 10.1. The molecule has 1 aliphatic heterocycles. The third-order valence-electron chi connectivity index (χ3n) is 4.36. The molecule has 4 rings (SSSR count). The van der Waals surface area contributed by atoms with Crippen molar-refractivity contribution in [3.63, 3.8) is 0 Å². The lowest BCUT2D eigenvalue weighted by molar-refractivity contribution is 0.0729. The first-order valence-corrected chi connectivity index (χ1v) is 8.74. The molecular formula is C23H15FO5. The first kappa shape index (κ1) is 18.4. The number of hydrogen-bond donors (Lipinski definition) is 0. The fraction of sp³-hybridized carbons (Fsp3) is 0.0435. The Morgan fingerprint density at radius 3 is 2.45 bits per heavy atom. The van der Waals surface area contributed by atoms with Crippen molar-refractivity contribution in [3.8, 4) is 17.2 Å². The maximum atomic E-state index is 13.7. The van der Waals surface area contributed by atoms with Gasteiger partial charge in [0.05, 0.1) is 18.2 Å². The number of Topliss-reactive ketones (excluding diaryl/α,β-unsaturated/α-hetero) is 1. The van der Waals surface area contributed by atoms with Gasteiger partial charge >= 0.3 is 5.97 Å². The Hall–Kier alpha value is -3.93. The van der Waals surface area contributed by atoms with E-state index in [4.69, 9.17) is 14.2 Å². The lowest BCUT2D eigenvalue weighted by Crippen LogP contribution is -2.10. The summed E-state index contributed by atoms with van der Waals surface area (Å²) in [5, 5.41) is 0. The fourth-order valence-corrected chi connectivity index (χ4v) is 2.87. The molecule has 5 nitrogen and oxygen atoms in total. The predicted molar refractivity (Wildman–Crippen MR) is 104 cm³/mol. The number of ether oxygens (including phenoxy) is 3. The van der Waals surface area contributed by atoms with Crippen LogP contribution in [0.15, 0.2) is 72.5 Å². The molecule has 0 fully saturated rings. The summed E-state index contributed by atoms with van der Waals surface area (Å²) in [4.78, 5) is 24.7. The molecule has 0 saturated heterocycles. The summed E-state index contributed by atoms with van der Waals surface area (Å²) in [6.07, 6.45) is 1.62. The molecule has 6 heteroatoms. The fourth-order valence-electron chi connectivity index (χ4n) is 2.87. The zero-order valence-corrected chi connectivity index (χ0v) is 15.3. The maximum Gasteiger partial charge on any atom is 0.346 e. The van der Waals surface area contributed by atoms with Crippen molar-refractivity contribution >= 4 is 17.8 Å². The molecule has 1 heterocycles. The van der Waals surface area contributed by atoms with E-state index in [1.54, 1.807) is 43.5 Å². The molecule has 0 N–H and O–H groups in total. The smallest absolute Gasteiger partial charge is 0.346 e. The van der Waals surface area contributed by atoms with Gasteiger partial charge in [-0.1, -0.05) is 24.3 Å². The van der Waals surface area contributed by atoms with Crippen molar-refractivity contribution < 1.29 is 28.2 Å². The van der Waals surface area contributed by atoms with Crippen LogP contribution in [0.25, 0.3) is 6.08 Å². The number of rotatable bonds is 4. The average molecular weight is 390 g/mol. The lowest BCUT2D eigenvalue weighted by Gasteiger charge is -2.06. The number of carbonyl (C=O) groups is 2. The van der Waals surface area contributed by atoms with E-state index < -0.39 is 11.8 Å². The average Bonchev–Trinajstić information content (AvgIpc) is 3.03. The minimum absolute atomic E-state index is 0.149. The number of ketones is 1. The molecule has 29 heavy (non-hydrogen) atoms. The highest BCUT2D eigenvalue weighted by Crippen LogP contribution is 2.35. The number of fused-ring (bicyclic) bond motifs is 1. The molecule has 0 spiro atoms. The van der Waals surface area contributed by atoms with Crippen molar-refractivity contribution in [2.45, 2.75) is 0 Å². The molecule has 0 bridgehead atoms. The number of halogens is 1. The second-order valence-corrected chi connectivity index (χ2v) is 6.24. The Morgan fingerprint density at radius 1 is 1.00 bits per heavy atom. The van der Waals surface area contributed by atoms with Crippen LogP contribution in [0.1, 0.15) is 26.3 Å². The third-order valence-corrected chi connectivity index (χ3v) is 4.36. The van der Waals surface area contributed by atoms with Gasteiger partial charge in [0.1, 0.15) is 23.1 Å². The largest absolute Gasteiger partial charge is 0.497 e. The molecule has 0 atom stereocenters. The molecule has 0 aromatic heterocycles. The van der Waals surface area contributed by atoms with E-state index in [0.717, 1.165) is 5.56 Å². The SMILES string of the molecule is COc1ccc(/C=C2\Oc3cc(OC(=O)c4ccccc4F)ccc3C2=O)cc1. The van der Waals surface area contributed by atoms with E-state index in [-0.39, 0.29) is 28.6 Å². The van der Waals surface area contributed by atoms with E-state index in [1.807, 2.05) is 0 Å². The van der Waals surface area contributed by atoms with E-state index in [9.17, 15) is 14.0 Å². The number of methoxy groups -OCH3 is 1. The summed E-state index contributed by atoms with van der Waals surface area (Å²) in [5.74, 6) is -0.499. The molecule has 0 amide bonds. The maximum absolute atomic E-state index is 13.7. The molecule has 0 aliphatic carbocycles. The Labute approximate surface area is 166 Å². The van der Waals surface area contributed by atoms with Crippen LogP contribution in [-0.2, 0) is 0 Å². The van der Waals surface area contributed by atoms with Gasteiger partial charge in [-0.3, -0.25) is 4.79 Å². The van der Waals surface area contributed by atoms with E-state index in [2.05, 4.69) is 0 Å². The van der Waals surface area contributed by atoms with Crippen molar-refractivity contribution in [2.75, 3.05) is 7.11 Å². The molecule has 0 radical (unpaired) electrons. The highest BCUT2D eigenvalue weighted by atomic mass is 19.1. The summed E-state index contributed by atoms with van der Waals surface area (Å²) in [5.41, 5.74) is 0.952. The molecule has 1 aliphatic rings. The minimum atomic E-state index is -0.832. The monoisotopic (exact) mass is 390 g/mol. The van der Waals surface area contributed by atoms with Gasteiger partial charge in [0.15, 0.2) is 5.76 Å². The minimum Gasteiger partial charge on any atom is -0.497 e. The predicted octanol–water partition coefficient (Wildman–Crippen LogP) is 4.67. The summed E-state index contributed by atoms with van der Waals surface area (Å²) in [6.45, 7) is 0. The number of allylic oxidation sites excluding steroid dienone is 1. The Morgan fingerprint density at radius 2 is 1.72 bits per heavy atom. The van der Waals surface area contributed by atoms with E-state index in [1.165, 1.54) is 36.4 Å². The van der Waals surface area contributed by atoms with Gasteiger partial charge in [-0.15, -0.1) is 0 Å². The zero-order valence-electron chi connectivity index (χ0n) is 15.3. The summed E-state index contributed by atoms with van der Waals surface area (Å²) >= 11 is 0. The molecular weight excluding hydrogens is 375 g/mol. The van der Waals surface area contributed by atoms with Gasteiger partial charge in [0.25, 0.3) is 0 Å². The Bertz CT molecular complexity index is 1130. The van der Waals surface area contributed by atoms with E-state index >= 15 is 0 Å².